The molecule has 0 radical (unpaired) electrons. The van der Waals surface area contributed by atoms with Crippen LogP contribution in [0.1, 0.15) is 17.0 Å². The number of hydrogen-bond donors (Lipinski definition) is 0. The first kappa shape index (κ1) is 10.0. The number of rotatable bonds is 0. The lowest BCUT2D eigenvalue weighted by Crippen LogP contribution is -2.27. The van der Waals surface area contributed by atoms with Gasteiger partial charge in [0, 0.05) is 5.02 Å². The molecule has 0 amide bonds. The second kappa shape index (κ2) is 3.29. The number of imidazole rings is 1. The largest absolute Gasteiger partial charge is 0.299 e. The van der Waals surface area contributed by atoms with Crippen molar-refractivity contribution in [3.63, 3.8) is 0 Å². The fourth-order valence-electron chi connectivity index (χ4n) is 2.46. The van der Waals surface area contributed by atoms with Gasteiger partial charge in [-0.3, -0.25) is 4.57 Å². The first-order valence-electron chi connectivity index (χ1n) is 5.75. The molecule has 2 aliphatic heterocycles. The van der Waals surface area contributed by atoms with Crippen molar-refractivity contribution in [1.29, 1.82) is 0 Å². The minimum atomic E-state index is 0.726. The van der Waals surface area contributed by atoms with Crippen molar-refractivity contribution in [3.8, 4) is 5.69 Å². The lowest BCUT2D eigenvalue weighted by atomic mass is 10.1. The summed E-state index contributed by atoms with van der Waals surface area (Å²) in [5.41, 5.74) is 4.39. The predicted octanol–water partition coefficient (Wildman–Crippen LogP) is 2.15. The molecule has 0 saturated heterocycles. The van der Waals surface area contributed by atoms with E-state index in [1.807, 2.05) is 37.8 Å². The normalized spacial score (nSPS) is 15.7. The van der Waals surface area contributed by atoms with Gasteiger partial charge in [-0.2, -0.15) is 0 Å². The van der Waals surface area contributed by atoms with Crippen molar-refractivity contribution in [3.05, 3.63) is 46.5 Å². The molecule has 0 spiro atoms. The SMILES string of the molecule is Cc1ncn2c1C[N+]1=C(N=C1)c1cc(Cl)ccc1-2. The van der Waals surface area contributed by atoms with E-state index < -0.39 is 0 Å². The highest BCUT2D eigenvalue weighted by Crippen LogP contribution is 2.27. The molecule has 1 aromatic carbocycles. The van der Waals surface area contributed by atoms with Crippen LogP contribution in [0.25, 0.3) is 5.69 Å². The number of benzene rings is 1. The van der Waals surface area contributed by atoms with Gasteiger partial charge < -0.3 is 0 Å². The number of fused-ring (bicyclic) bond motifs is 4. The predicted molar refractivity (Wildman–Crippen MR) is 69.9 cm³/mol. The molecule has 5 heteroatoms. The molecule has 18 heavy (non-hydrogen) atoms. The molecule has 2 aliphatic rings. The Labute approximate surface area is 109 Å². The summed E-state index contributed by atoms with van der Waals surface area (Å²) in [4.78, 5) is 8.75. The quantitative estimate of drug-likeness (QED) is 0.666. The fourth-order valence-corrected chi connectivity index (χ4v) is 2.63. The number of aliphatic imine (C=N–C) groups is 1. The molecule has 4 rings (SSSR count). The standard InChI is InChI=1S/C13H10ClN4/c1-8-12-5-17-6-16-13(17)10-4-9(14)2-3-11(10)18(12)7-15-8/h2-4,6-7H,5H2,1H3/q+1. The van der Waals surface area contributed by atoms with E-state index in [-0.39, 0.29) is 0 Å². The molecule has 0 atom stereocenters. The van der Waals surface area contributed by atoms with E-state index in [0.717, 1.165) is 34.3 Å². The average Bonchev–Trinajstić information content (AvgIpc) is 2.62. The van der Waals surface area contributed by atoms with Gasteiger partial charge in [-0.25, -0.2) is 9.56 Å². The summed E-state index contributed by atoms with van der Waals surface area (Å²) in [5, 5.41) is 0.726. The van der Waals surface area contributed by atoms with Gasteiger partial charge in [-0.15, -0.1) is 0 Å². The maximum atomic E-state index is 6.09. The Balaban J connectivity index is 2.08. The number of hydrogen-bond acceptors (Lipinski definition) is 2. The van der Waals surface area contributed by atoms with Gasteiger partial charge in [-0.1, -0.05) is 16.6 Å². The zero-order valence-corrected chi connectivity index (χ0v) is 10.5. The minimum Gasteiger partial charge on any atom is -0.299 e. The molecule has 0 N–H and O–H groups in total. The molecule has 0 aliphatic carbocycles. The Morgan fingerprint density at radius 2 is 2.28 bits per heavy atom. The molecular weight excluding hydrogens is 248 g/mol. The van der Waals surface area contributed by atoms with Crippen molar-refractivity contribution in [1.82, 2.24) is 9.55 Å². The van der Waals surface area contributed by atoms with Crippen molar-refractivity contribution >= 4 is 23.8 Å². The molecule has 1 aromatic heterocycles. The van der Waals surface area contributed by atoms with Crippen LogP contribution in [0.15, 0.2) is 29.5 Å². The summed E-state index contributed by atoms with van der Waals surface area (Å²) in [7, 11) is 0. The maximum absolute atomic E-state index is 6.09. The van der Waals surface area contributed by atoms with Crippen LogP contribution in [0, 0.1) is 6.92 Å². The number of aromatic nitrogens is 2. The smallest absolute Gasteiger partial charge is 0.275 e. The summed E-state index contributed by atoms with van der Waals surface area (Å²) in [5.74, 6) is 0.982. The highest BCUT2D eigenvalue weighted by molar-refractivity contribution is 6.31. The molecule has 3 heterocycles. The average molecular weight is 258 g/mol. The molecule has 2 aromatic rings. The van der Waals surface area contributed by atoms with Crippen LogP contribution in [-0.2, 0) is 6.54 Å². The van der Waals surface area contributed by atoms with Gasteiger partial charge in [0.05, 0.1) is 29.0 Å². The molecule has 0 bridgehead atoms. The Kier molecular flexibility index (Phi) is 1.84. The van der Waals surface area contributed by atoms with Crippen LogP contribution in [-0.4, -0.2) is 26.3 Å². The molecule has 0 saturated carbocycles. The van der Waals surface area contributed by atoms with Gasteiger partial charge in [0.1, 0.15) is 6.54 Å². The van der Waals surface area contributed by atoms with E-state index in [1.54, 1.807) is 0 Å². The molecule has 88 valence electrons. The highest BCUT2D eigenvalue weighted by Gasteiger charge is 2.29. The van der Waals surface area contributed by atoms with Crippen molar-refractivity contribution in [2.75, 3.05) is 0 Å². The van der Waals surface area contributed by atoms with E-state index >= 15 is 0 Å². The maximum Gasteiger partial charge on any atom is 0.275 e. The molecule has 4 nitrogen and oxygen atoms in total. The molecular formula is C13H10ClN4+. The van der Waals surface area contributed by atoms with Gasteiger partial charge >= 0.3 is 0 Å². The van der Waals surface area contributed by atoms with Crippen molar-refractivity contribution in [2.45, 2.75) is 13.5 Å². The number of aryl methyl sites for hydroxylation is 1. The lowest BCUT2D eigenvalue weighted by Gasteiger charge is -2.09. The molecule has 0 fully saturated rings. The third-order valence-electron chi connectivity index (χ3n) is 3.45. The van der Waals surface area contributed by atoms with E-state index in [0.29, 0.717) is 0 Å². The second-order valence-corrected chi connectivity index (χ2v) is 4.94. The lowest BCUT2D eigenvalue weighted by molar-refractivity contribution is -0.428. The monoisotopic (exact) mass is 257 g/mol. The van der Waals surface area contributed by atoms with Crippen LogP contribution >= 0.6 is 11.6 Å². The Bertz CT molecular complexity index is 739. The summed E-state index contributed by atoms with van der Waals surface area (Å²) in [6.07, 6.45) is 3.71. The van der Waals surface area contributed by atoms with Gasteiger partial charge in [0.25, 0.3) is 5.84 Å². The summed E-state index contributed by atoms with van der Waals surface area (Å²) < 4.78 is 4.25. The van der Waals surface area contributed by atoms with E-state index in [9.17, 15) is 0 Å². The second-order valence-electron chi connectivity index (χ2n) is 4.50. The van der Waals surface area contributed by atoms with Gasteiger partial charge in [0.2, 0.25) is 6.34 Å². The number of nitrogens with zero attached hydrogens (tertiary/aromatic N) is 4. The van der Waals surface area contributed by atoms with Crippen LogP contribution in [0.3, 0.4) is 0 Å². The molecule has 0 unspecified atom stereocenters. The van der Waals surface area contributed by atoms with Crippen LogP contribution in [0.5, 0.6) is 0 Å². The van der Waals surface area contributed by atoms with Crippen LogP contribution in [0.2, 0.25) is 5.02 Å². The highest BCUT2D eigenvalue weighted by atomic mass is 35.5. The third-order valence-corrected chi connectivity index (χ3v) is 3.68. The van der Waals surface area contributed by atoms with Crippen LogP contribution in [0.4, 0.5) is 0 Å². The van der Waals surface area contributed by atoms with Crippen molar-refractivity contribution in [2.24, 2.45) is 4.99 Å². The topological polar surface area (TPSA) is 33.2 Å². The Morgan fingerprint density at radius 1 is 1.39 bits per heavy atom. The van der Waals surface area contributed by atoms with Crippen LogP contribution < -0.4 is 0 Å². The third kappa shape index (κ3) is 1.18. The van der Waals surface area contributed by atoms with E-state index in [4.69, 9.17) is 11.6 Å². The zero-order chi connectivity index (χ0) is 12.3. The first-order valence-corrected chi connectivity index (χ1v) is 6.13. The van der Waals surface area contributed by atoms with Crippen molar-refractivity contribution < 1.29 is 4.58 Å². The summed E-state index contributed by atoms with van der Waals surface area (Å²) in [6.45, 7) is 2.83. The van der Waals surface area contributed by atoms with E-state index in [2.05, 4.69) is 19.1 Å². The van der Waals surface area contributed by atoms with Gasteiger partial charge in [-0.05, 0) is 25.1 Å². The van der Waals surface area contributed by atoms with E-state index in [1.165, 1.54) is 5.69 Å². The minimum absolute atomic E-state index is 0.726. The number of amidine groups is 1. The summed E-state index contributed by atoms with van der Waals surface area (Å²) >= 11 is 6.09. The zero-order valence-electron chi connectivity index (χ0n) is 9.76. The number of halogens is 1. The fraction of sp³-hybridized carbons (Fsp3) is 0.154. The Hall–Kier alpha value is -1.94. The van der Waals surface area contributed by atoms with Gasteiger partial charge in [0.15, 0.2) is 0 Å². The Morgan fingerprint density at radius 3 is 3.06 bits per heavy atom. The first-order chi connectivity index (χ1) is 8.74. The summed E-state index contributed by atoms with van der Waals surface area (Å²) in [6, 6.07) is 5.88.